The maximum atomic E-state index is 11.0. The van der Waals surface area contributed by atoms with Gasteiger partial charge in [-0.05, 0) is 20.8 Å². The molecule has 0 saturated carbocycles. The SMILES string of the molecule is CC(C)(C)NC(=O)CS(C)(=O)=O. The Labute approximate surface area is 73.3 Å². The lowest BCUT2D eigenvalue weighted by Crippen LogP contribution is -2.43. The topological polar surface area (TPSA) is 63.2 Å². The van der Waals surface area contributed by atoms with Gasteiger partial charge in [0.2, 0.25) is 5.91 Å². The molecule has 0 radical (unpaired) electrons. The fraction of sp³-hybridized carbons (Fsp3) is 0.857. The smallest absolute Gasteiger partial charge is 0.235 e. The average Bonchev–Trinajstić information content (AvgIpc) is 1.49. The van der Waals surface area contributed by atoms with Gasteiger partial charge in [-0.3, -0.25) is 4.79 Å². The number of carbonyl (C=O) groups excluding carboxylic acids is 1. The van der Waals surface area contributed by atoms with E-state index in [-0.39, 0.29) is 5.54 Å². The van der Waals surface area contributed by atoms with Crippen molar-refractivity contribution in [3.05, 3.63) is 0 Å². The Balaban J connectivity index is 4.10. The predicted octanol–water partition coefficient (Wildman–Crippen LogP) is -0.0543. The molecule has 0 aliphatic heterocycles. The van der Waals surface area contributed by atoms with E-state index < -0.39 is 21.5 Å². The van der Waals surface area contributed by atoms with Crippen molar-refractivity contribution < 1.29 is 13.2 Å². The molecule has 5 heteroatoms. The number of amides is 1. The van der Waals surface area contributed by atoms with E-state index in [2.05, 4.69) is 5.32 Å². The van der Waals surface area contributed by atoms with Gasteiger partial charge in [0.25, 0.3) is 0 Å². The molecule has 72 valence electrons. The Morgan fingerprint density at radius 1 is 1.33 bits per heavy atom. The molecule has 4 nitrogen and oxygen atoms in total. The number of nitrogens with one attached hydrogen (secondary N) is 1. The van der Waals surface area contributed by atoms with Crippen molar-refractivity contribution in [3.8, 4) is 0 Å². The van der Waals surface area contributed by atoms with Gasteiger partial charge in [-0.15, -0.1) is 0 Å². The normalized spacial score (nSPS) is 12.7. The number of carbonyl (C=O) groups is 1. The third kappa shape index (κ3) is 7.53. The highest BCUT2D eigenvalue weighted by atomic mass is 32.2. The lowest BCUT2D eigenvalue weighted by atomic mass is 10.1. The Kier molecular flexibility index (Phi) is 3.26. The van der Waals surface area contributed by atoms with Gasteiger partial charge in [-0.2, -0.15) is 0 Å². The third-order valence-corrected chi connectivity index (χ3v) is 1.69. The van der Waals surface area contributed by atoms with Crippen molar-refractivity contribution in [2.45, 2.75) is 26.3 Å². The molecule has 0 unspecified atom stereocenters. The summed E-state index contributed by atoms with van der Waals surface area (Å²) in [6.07, 6.45) is 1.04. The first-order valence-corrected chi connectivity index (χ1v) is 5.65. The summed E-state index contributed by atoms with van der Waals surface area (Å²) in [5, 5.41) is 2.56. The zero-order valence-corrected chi connectivity index (χ0v) is 8.66. The second-order valence-corrected chi connectivity index (χ2v) is 6.01. The highest BCUT2D eigenvalue weighted by molar-refractivity contribution is 7.91. The Morgan fingerprint density at radius 2 is 1.75 bits per heavy atom. The number of sulfone groups is 1. The maximum Gasteiger partial charge on any atom is 0.235 e. The van der Waals surface area contributed by atoms with Gasteiger partial charge in [0.15, 0.2) is 9.84 Å². The lowest BCUT2D eigenvalue weighted by Gasteiger charge is -2.19. The Bertz CT molecular complexity index is 261. The van der Waals surface area contributed by atoms with Gasteiger partial charge in [-0.25, -0.2) is 8.42 Å². The van der Waals surface area contributed by atoms with Crippen molar-refractivity contribution in [1.29, 1.82) is 0 Å². The summed E-state index contributed by atoms with van der Waals surface area (Å²) in [7, 11) is -3.21. The van der Waals surface area contributed by atoms with Crippen molar-refractivity contribution in [2.75, 3.05) is 12.0 Å². The van der Waals surface area contributed by atoms with E-state index in [1.54, 1.807) is 20.8 Å². The first-order chi connectivity index (χ1) is 5.10. The van der Waals surface area contributed by atoms with E-state index >= 15 is 0 Å². The quantitative estimate of drug-likeness (QED) is 0.668. The zero-order valence-electron chi connectivity index (χ0n) is 7.84. The summed E-state index contributed by atoms with van der Waals surface area (Å²) in [4.78, 5) is 11.0. The van der Waals surface area contributed by atoms with Gasteiger partial charge in [-0.1, -0.05) is 0 Å². The average molecular weight is 193 g/mol. The fourth-order valence-corrected chi connectivity index (χ4v) is 1.24. The molecule has 0 saturated heterocycles. The molecule has 0 aliphatic rings. The van der Waals surface area contributed by atoms with Crippen LogP contribution in [0.15, 0.2) is 0 Å². The molecule has 0 aromatic heterocycles. The van der Waals surface area contributed by atoms with Crippen LogP contribution in [0.25, 0.3) is 0 Å². The monoisotopic (exact) mass is 193 g/mol. The van der Waals surface area contributed by atoms with E-state index in [1.807, 2.05) is 0 Å². The summed E-state index contributed by atoms with van der Waals surface area (Å²) >= 11 is 0. The van der Waals surface area contributed by atoms with E-state index in [1.165, 1.54) is 0 Å². The molecular formula is C7H15NO3S. The first-order valence-electron chi connectivity index (χ1n) is 3.59. The van der Waals surface area contributed by atoms with E-state index in [9.17, 15) is 13.2 Å². The lowest BCUT2D eigenvalue weighted by molar-refractivity contribution is -0.119. The second kappa shape index (κ2) is 3.43. The van der Waals surface area contributed by atoms with Gasteiger partial charge < -0.3 is 5.32 Å². The maximum absolute atomic E-state index is 11.0. The van der Waals surface area contributed by atoms with Crippen molar-refractivity contribution in [2.24, 2.45) is 0 Å². The van der Waals surface area contributed by atoms with Gasteiger partial charge in [0.1, 0.15) is 5.75 Å². The van der Waals surface area contributed by atoms with Crippen LogP contribution >= 0.6 is 0 Å². The van der Waals surface area contributed by atoms with Crippen LogP contribution < -0.4 is 5.32 Å². The Morgan fingerprint density at radius 3 is 2.00 bits per heavy atom. The molecule has 0 rings (SSSR count). The molecule has 12 heavy (non-hydrogen) atoms. The van der Waals surface area contributed by atoms with Crippen LogP contribution in [0.1, 0.15) is 20.8 Å². The summed E-state index contributed by atoms with van der Waals surface area (Å²) in [5.74, 6) is -0.894. The van der Waals surface area contributed by atoms with Crippen LogP contribution in [0, 0.1) is 0 Å². The van der Waals surface area contributed by atoms with Crippen LogP contribution in [-0.2, 0) is 14.6 Å². The molecule has 0 fully saturated rings. The Hall–Kier alpha value is -0.580. The molecule has 1 amide bonds. The molecule has 0 aromatic rings. The van der Waals surface area contributed by atoms with E-state index in [0.29, 0.717) is 0 Å². The largest absolute Gasteiger partial charge is 0.351 e. The minimum atomic E-state index is -3.21. The standard InChI is InChI=1S/C7H15NO3S/c1-7(2,3)8-6(9)5-12(4,10)11/h5H2,1-4H3,(H,8,9). The van der Waals surface area contributed by atoms with Gasteiger partial charge >= 0.3 is 0 Å². The molecular weight excluding hydrogens is 178 g/mol. The highest BCUT2D eigenvalue weighted by Gasteiger charge is 2.17. The fourth-order valence-electron chi connectivity index (χ4n) is 0.692. The van der Waals surface area contributed by atoms with Crippen molar-refractivity contribution in [1.82, 2.24) is 5.32 Å². The zero-order chi connectivity index (χ0) is 9.99. The molecule has 0 atom stereocenters. The molecule has 0 aliphatic carbocycles. The minimum Gasteiger partial charge on any atom is -0.351 e. The minimum absolute atomic E-state index is 0.373. The first kappa shape index (κ1) is 11.4. The molecule has 0 bridgehead atoms. The summed E-state index contributed by atoms with van der Waals surface area (Å²) in [6.45, 7) is 5.40. The van der Waals surface area contributed by atoms with Gasteiger partial charge in [0.05, 0.1) is 0 Å². The number of rotatable bonds is 2. The number of hydrogen-bond donors (Lipinski definition) is 1. The van der Waals surface area contributed by atoms with Crippen LogP contribution in [0.5, 0.6) is 0 Å². The van der Waals surface area contributed by atoms with E-state index in [4.69, 9.17) is 0 Å². The molecule has 0 aromatic carbocycles. The number of hydrogen-bond acceptors (Lipinski definition) is 3. The van der Waals surface area contributed by atoms with Crippen LogP contribution in [-0.4, -0.2) is 31.9 Å². The highest BCUT2D eigenvalue weighted by Crippen LogP contribution is 1.98. The molecule has 0 spiro atoms. The second-order valence-electron chi connectivity index (χ2n) is 3.87. The van der Waals surface area contributed by atoms with Crippen molar-refractivity contribution >= 4 is 15.7 Å². The van der Waals surface area contributed by atoms with Crippen LogP contribution in [0.4, 0.5) is 0 Å². The van der Waals surface area contributed by atoms with Gasteiger partial charge in [0, 0.05) is 11.8 Å². The third-order valence-electron chi connectivity index (χ3n) is 0.908. The summed E-state index contributed by atoms with van der Waals surface area (Å²) < 4.78 is 21.3. The van der Waals surface area contributed by atoms with E-state index in [0.717, 1.165) is 6.26 Å². The summed E-state index contributed by atoms with van der Waals surface area (Å²) in [5.41, 5.74) is -0.373. The molecule has 0 heterocycles. The summed E-state index contributed by atoms with van der Waals surface area (Å²) in [6, 6.07) is 0. The van der Waals surface area contributed by atoms with Crippen molar-refractivity contribution in [3.63, 3.8) is 0 Å². The van der Waals surface area contributed by atoms with Crippen LogP contribution in [0.2, 0.25) is 0 Å². The van der Waals surface area contributed by atoms with Crippen LogP contribution in [0.3, 0.4) is 0 Å². The molecule has 1 N–H and O–H groups in total. The predicted molar refractivity (Wildman–Crippen MR) is 47.6 cm³/mol.